The van der Waals surface area contributed by atoms with E-state index < -0.39 is 18.1 Å². The Labute approximate surface area is 134 Å². The summed E-state index contributed by atoms with van der Waals surface area (Å²) in [5.41, 5.74) is 2.01. The predicted molar refractivity (Wildman–Crippen MR) is 81.4 cm³/mol. The number of ether oxygens (including phenoxy) is 1. The fraction of sp³-hybridized carbons (Fsp3) is 0.588. The van der Waals surface area contributed by atoms with Crippen LogP contribution in [0.15, 0.2) is 18.2 Å². The third-order valence-electron chi connectivity index (χ3n) is 4.42. The van der Waals surface area contributed by atoms with Crippen molar-refractivity contribution < 1.29 is 22.7 Å². The minimum absolute atomic E-state index is 0.0429. The van der Waals surface area contributed by atoms with Crippen molar-refractivity contribution in [3.05, 3.63) is 29.3 Å². The molecule has 2 atom stereocenters. The van der Waals surface area contributed by atoms with E-state index in [1.54, 1.807) is 6.07 Å². The molecule has 0 saturated heterocycles. The Bertz CT molecular complexity index is 557. The molecule has 1 amide bonds. The van der Waals surface area contributed by atoms with Gasteiger partial charge < -0.3 is 10.1 Å². The van der Waals surface area contributed by atoms with E-state index in [4.69, 9.17) is 4.74 Å². The van der Waals surface area contributed by atoms with Crippen molar-refractivity contribution in [2.24, 2.45) is 5.92 Å². The number of hydrogen-bond acceptors (Lipinski definition) is 2. The van der Waals surface area contributed by atoms with E-state index in [0.29, 0.717) is 18.6 Å². The van der Waals surface area contributed by atoms with Gasteiger partial charge in [0.1, 0.15) is 5.75 Å². The first kappa shape index (κ1) is 17.6. The van der Waals surface area contributed by atoms with Gasteiger partial charge in [-0.15, -0.1) is 0 Å². The van der Waals surface area contributed by atoms with Gasteiger partial charge in [-0.3, -0.25) is 4.79 Å². The van der Waals surface area contributed by atoms with Crippen LogP contribution in [0, 0.1) is 19.8 Å². The Balaban J connectivity index is 1.84. The fourth-order valence-corrected chi connectivity index (χ4v) is 2.91. The molecule has 1 aromatic carbocycles. The fourth-order valence-electron chi connectivity index (χ4n) is 2.91. The average Bonchev–Trinajstić information content (AvgIpc) is 2.48. The van der Waals surface area contributed by atoms with E-state index in [1.807, 2.05) is 26.0 Å². The highest BCUT2D eigenvalue weighted by molar-refractivity contribution is 5.77. The summed E-state index contributed by atoms with van der Waals surface area (Å²) >= 11 is 0. The Morgan fingerprint density at radius 1 is 1.30 bits per heavy atom. The lowest BCUT2D eigenvalue weighted by Crippen LogP contribution is -2.43. The van der Waals surface area contributed by atoms with E-state index in [0.717, 1.165) is 11.1 Å². The molecular formula is C17H22F3NO2. The summed E-state index contributed by atoms with van der Waals surface area (Å²) in [7, 11) is 0. The second-order valence-electron chi connectivity index (χ2n) is 6.16. The summed E-state index contributed by atoms with van der Waals surface area (Å²) in [6.07, 6.45) is -3.01. The molecule has 0 bridgehead atoms. The third kappa shape index (κ3) is 4.88. The van der Waals surface area contributed by atoms with Gasteiger partial charge in [0.05, 0.1) is 5.92 Å². The van der Waals surface area contributed by atoms with Crippen molar-refractivity contribution in [3.8, 4) is 5.75 Å². The third-order valence-corrected chi connectivity index (χ3v) is 4.42. The normalized spacial score (nSPS) is 21.8. The van der Waals surface area contributed by atoms with Crippen LogP contribution in [0.4, 0.5) is 13.2 Å². The summed E-state index contributed by atoms with van der Waals surface area (Å²) in [4.78, 5) is 11.9. The van der Waals surface area contributed by atoms with Crippen LogP contribution in [-0.4, -0.2) is 24.7 Å². The molecule has 1 aromatic rings. The van der Waals surface area contributed by atoms with Gasteiger partial charge >= 0.3 is 6.18 Å². The zero-order valence-corrected chi connectivity index (χ0v) is 13.4. The lowest BCUT2D eigenvalue weighted by atomic mass is 9.85. The van der Waals surface area contributed by atoms with Crippen LogP contribution in [0.1, 0.15) is 36.8 Å². The molecule has 0 spiro atoms. The number of halogens is 3. The molecule has 128 valence electrons. The largest absolute Gasteiger partial charge is 0.483 e. The molecule has 1 aliphatic rings. The quantitative estimate of drug-likeness (QED) is 0.909. The van der Waals surface area contributed by atoms with Crippen LogP contribution in [0.2, 0.25) is 0 Å². The highest BCUT2D eigenvalue weighted by Crippen LogP contribution is 2.37. The smallest absolute Gasteiger partial charge is 0.391 e. The molecule has 1 aliphatic carbocycles. The van der Waals surface area contributed by atoms with Gasteiger partial charge in [0.25, 0.3) is 5.91 Å². The molecule has 1 N–H and O–H groups in total. The Hall–Kier alpha value is -1.72. The van der Waals surface area contributed by atoms with E-state index in [-0.39, 0.29) is 25.4 Å². The van der Waals surface area contributed by atoms with Crippen LogP contribution in [0.3, 0.4) is 0 Å². The van der Waals surface area contributed by atoms with Crippen LogP contribution >= 0.6 is 0 Å². The topological polar surface area (TPSA) is 38.3 Å². The van der Waals surface area contributed by atoms with Crippen LogP contribution < -0.4 is 10.1 Å². The second-order valence-corrected chi connectivity index (χ2v) is 6.16. The summed E-state index contributed by atoms with van der Waals surface area (Å²) in [5, 5.41) is 2.66. The highest BCUT2D eigenvalue weighted by atomic mass is 19.4. The van der Waals surface area contributed by atoms with Crippen molar-refractivity contribution in [3.63, 3.8) is 0 Å². The number of carbonyl (C=O) groups is 1. The molecule has 6 heteroatoms. The first-order valence-corrected chi connectivity index (χ1v) is 7.82. The van der Waals surface area contributed by atoms with E-state index in [2.05, 4.69) is 5.32 Å². The average molecular weight is 329 g/mol. The predicted octanol–water partition coefficient (Wildman–Crippen LogP) is 3.92. The van der Waals surface area contributed by atoms with Gasteiger partial charge in [0.2, 0.25) is 0 Å². The monoisotopic (exact) mass is 329 g/mol. The molecule has 0 radical (unpaired) electrons. The molecule has 0 heterocycles. The highest BCUT2D eigenvalue weighted by Gasteiger charge is 2.42. The zero-order valence-electron chi connectivity index (χ0n) is 13.4. The maximum atomic E-state index is 12.8. The number of rotatable bonds is 4. The zero-order chi connectivity index (χ0) is 17.0. The Morgan fingerprint density at radius 2 is 2.04 bits per heavy atom. The molecule has 2 rings (SSSR count). The number of hydrogen-bond donors (Lipinski definition) is 1. The van der Waals surface area contributed by atoms with Crippen LogP contribution in [-0.2, 0) is 4.79 Å². The van der Waals surface area contributed by atoms with Crippen molar-refractivity contribution in [1.29, 1.82) is 0 Å². The van der Waals surface area contributed by atoms with Crippen LogP contribution in [0.25, 0.3) is 0 Å². The first-order valence-electron chi connectivity index (χ1n) is 7.82. The number of aryl methyl sites for hydroxylation is 1. The molecule has 1 fully saturated rings. The summed E-state index contributed by atoms with van der Waals surface area (Å²) in [5.74, 6) is -1.07. The van der Waals surface area contributed by atoms with Gasteiger partial charge in [-0.25, -0.2) is 0 Å². The lowest BCUT2D eigenvalue weighted by Gasteiger charge is -2.31. The standard InChI is InChI=1S/C17H22F3NO2/c1-11-5-3-8-15(12(11)2)23-10-16(22)21-14-7-4-6-13(9-14)17(18,19)20/h3,5,8,13-14H,4,6-7,9-10H2,1-2H3,(H,21,22)/t13-,14-/m1/s1. The van der Waals surface area contributed by atoms with Gasteiger partial charge in [0.15, 0.2) is 6.61 Å². The lowest BCUT2D eigenvalue weighted by molar-refractivity contribution is -0.184. The van der Waals surface area contributed by atoms with Gasteiger partial charge in [-0.1, -0.05) is 18.6 Å². The minimum Gasteiger partial charge on any atom is -0.483 e. The number of amides is 1. The molecule has 1 saturated carbocycles. The summed E-state index contributed by atoms with van der Waals surface area (Å²) < 4.78 is 43.8. The second kappa shape index (κ2) is 7.23. The van der Waals surface area contributed by atoms with Crippen molar-refractivity contribution in [2.75, 3.05) is 6.61 Å². The van der Waals surface area contributed by atoms with Crippen molar-refractivity contribution >= 4 is 5.91 Å². The molecule has 0 unspecified atom stereocenters. The maximum absolute atomic E-state index is 12.8. The Kier molecular flexibility index (Phi) is 5.55. The molecule has 0 aromatic heterocycles. The van der Waals surface area contributed by atoms with E-state index in [1.165, 1.54) is 0 Å². The molecule has 23 heavy (non-hydrogen) atoms. The van der Waals surface area contributed by atoms with Gasteiger partial charge in [0, 0.05) is 6.04 Å². The SMILES string of the molecule is Cc1cccc(OCC(=O)N[C@@H]2CCC[C@@H](C(F)(F)F)C2)c1C. The van der Waals surface area contributed by atoms with E-state index >= 15 is 0 Å². The molecular weight excluding hydrogens is 307 g/mol. The minimum atomic E-state index is -4.18. The van der Waals surface area contributed by atoms with E-state index in [9.17, 15) is 18.0 Å². The first-order chi connectivity index (χ1) is 10.8. The number of nitrogens with one attached hydrogen (secondary N) is 1. The van der Waals surface area contributed by atoms with Crippen LogP contribution in [0.5, 0.6) is 5.75 Å². The summed E-state index contributed by atoms with van der Waals surface area (Å²) in [6.45, 7) is 3.66. The number of benzene rings is 1. The van der Waals surface area contributed by atoms with Gasteiger partial charge in [-0.2, -0.15) is 13.2 Å². The molecule has 3 nitrogen and oxygen atoms in total. The number of carbonyl (C=O) groups excluding carboxylic acids is 1. The maximum Gasteiger partial charge on any atom is 0.391 e. The van der Waals surface area contributed by atoms with Crippen molar-refractivity contribution in [1.82, 2.24) is 5.32 Å². The van der Waals surface area contributed by atoms with Gasteiger partial charge in [-0.05, 0) is 50.3 Å². The summed E-state index contributed by atoms with van der Waals surface area (Å²) in [6, 6.07) is 5.13. The number of alkyl halides is 3. The van der Waals surface area contributed by atoms with Crippen molar-refractivity contribution in [2.45, 2.75) is 51.7 Å². The Morgan fingerprint density at radius 3 is 2.74 bits per heavy atom. The molecule has 0 aliphatic heterocycles.